The molecule has 0 aliphatic carbocycles. The number of benzene rings is 3. The number of aliphatic hydroxyl groups excluding tert-OH is 4. The van der Waals surface area contributed by atoms with E-state index in [1.807, 2.05) is 54.6 Å². The third kappa shape index (κ3) is 3.00. The first kappa shape index (κ1) is 20.3. The molecule has 4 aromatic rings. The highest BCUT2D eigenvalue weighted by molar-refractivity contribution is 6.22. The molecule has 0 spiro atoms. The quantitative estimate of drug-likeness (QED) is 0.268. The minimum atomic E-state index is -1.53. The lowest BCUT2D eigenvalue weighted by Gasteiger charge is -2.40. The van der Waals surface area contributed by atoms with Crippen molar-refractivity contribution in [2.24, 2.45) is 0 Å². The fourth-order valence-electron chi connectivity index (χ4n) is 4.76. The van der Waals surface area contributed by atoms with E-state index in [-0.39, 0.29) is 0 Å². The summed E-state index contributed by atoms with van der Waals surface area (Å²) in [6, 6.07) is 17.5. The topological polar surface area (TPSA) is 124 Å². The van der Waals surface area contributed by atoms with Crippen LogP contribution in [0.15, 0.2) is 60.8 Å². The van der Waals surface area contributed by atoms with E-state index in [9.17, 15) is 20.4 Å². The van der Waals surface area contributed by atoms with Gasteiger partial charge in [-0.15, -0.1) is 0 Å². The summed E-state index contributed by atoms with van der Waals surface area (Å²) >= 11 is 0. The maximum Gasteiger partial charge on any atom is 0.229 e. The second kappa shape index (κ2) is 7.65. The summed E-state index contributed by atoms with van der Waals surface area (Å²) in [5.41, 5.74) is 4.40. The van der Waals surface area contributed by atoms with Gasteiger partial charge in [0.05, 0.1) is 17.8 Å². The van der Waals surface area contributed by atoms with Crippen LogP contribution in [0.2, 0.25) is 0 Å². The number of aromatic nitrogens is 1. The fourth-order valence-corrected chi connectivity index (χ4v) is 4.76. The van der Waals surface area contributed by atoms with E-state index in [1.165, 1.54) is 0 Å². The van der Waals surface area contributed by atoms with E-state index in [0.717, 1.165) is 38.5 Å². The van der Waals surface area contributed by atoms with Gasteiger partial charge in [-0.05, 0) is 17.7 Å². The van der Waals surface area contributed by atoms with Crippen molar-refractivity contribution in [3.63, 3.8) is 0 Å². The van der Waals surface area contributed by atoms with Crippen molar-refractivity contribution in [2.45, 2.75) is 30.7 Å². The molecule has 6 rings (SSSR count). The molecule has 5 atom stereocenters. The molecular weight excluding hydrogens is 424 g/mol. The van der Waals surface area contributed by atoms with Crippen molar-refractivity contribution in [2.75, 3.05) is 11.9 Å². The van der Waals surface area contributed by atoms with Crippen LogP contribution in [-0.4, -0.2) is 62.7 Å². The Balaban J connectivity index is 1.58. The lowest BCUT2D eigenvalue weighted by molar-refractivity contribution is -0.277. The first-order valence-electron chi connectivity index (χ1n) is 10.8. The van der Waals surface area contributed by atoms with Crippen molar-refractivity contribution >= 4 is 33.1 Å². The van der Waals surface area contributed by atoms with Crippen LogP contribution in [0, 0.1) is 0 Å². The number of nitrogens with one attached hydrogen (secondary N) is 1. The molecular formula is C25H22N2O6. The summed E-state index contributed by atoms with van der Waals surface area (Å²) in [6.07, 6.45) is -5.10. The van der Waals surface area contributed by atoms with Crippen LogP contribution in [0.25, 0.3) is 32.8 Å². The summed E-state index contributed by atoms with van der Waals surface area (Å²) in [4.78, 5) is 4.65. The van der Waals surface area contributed by atoms with Gasteiger partial charge in [0.2, 0.25) is 6.29 Å². The first-order chi connectivity index (χ1) is 16.1. The second-order valence-corrected chi connectivity index (χ2v) is 8.32. The molecule has 168 valence electrons. The lowest BCUT2D eigenvalue weighted by Crippen LogP contribution is -2.60. The molecule has 8 heteroatoms. The van der Waals surface area contributed by atoms with Gasteiger partial charge in [-0.1, -0.05) is 42.5 Å². The van der Waals surface area contributed by atoms with Crippen LogP contribution in [0.3, 0.4) is 0 Å². The number of nitrogens with zero attached hydrogens (tertiary/aromatic N) is 1. The second-order valence-electron chi connectivity index (χ2n) is 8.32. The molecule has 5 N–H and O–H groups in total. The van der Waals surface area contributed by atoms with E-state index in [4.69, 9.17) is 9.47 Å². The molecule has 0 unspecified atom stereocenters. The highest BCUT2D eigenvalue weighted by Crippen LogP contribution is 2.51. The number of rotatable bonds is 3. The predicted octanol–water partition coefficient (Wildman–Crippen LogP) is 2.29. The minimum absolute atomic E-state index is 0.422. The molecule has 1 fully saturated rings. The van der Waals surface area contributed by atoms with Gasteiger partial charge in [0.15, 0.2) is 5.75 Å². The molecule has 1 saturated heterocycles. The SMILES string of the molecule is OC[C@H]1O[C@@H](Oc2c3c4c(ccnc4c4ccccc24)-c2ccccc2N3)[C@H](O)[C@@H](O)[C@@H]1O. The van der Waals surface area contributed by atoms with Crippen LogP contribution >= 0.6 is 0 Å². The average Bonchev–Trinajstić information content (AvgIpc) is 2.86. The lowest BCUT2D eigenvalue weighted by atomic mass is 9.92. The molecule has 0 saturated carbocycles. The maximum atomic E-state index is 10.6. The van der Waals surface area contributed by atoms with Gasteiger partial charge in [0, 0.05) is 33.6 Å². The zero-order valence-electron chi connectivity index (χ0n) is 17.4. The molecule has 0 radical (unpaired) electrons. The van der Waals surface area contributed by atoms with Crippen molar-refractivity contribution in [3.05, 3.63) is 60.8 Å². The van der Waals surface area contributed by atoms with Crippen LogP contribution in [0.5, 0.6) is 5.75 Å². The van der Waals surface area contributed by atoms with Crippen molar-refractivity contribution < 1.29 is 29.9 Å². The van der Waals surface area contributed by atoms with Gasteiger partial charge in [-0.3, -0.25) is 4.98 Å². The molecule has 2 aliphatic heterocycles. The summed E-state index contributed by atoms with van der Waals surface area (Å²) in [7, 11) is 0. The summed E-state index contributed by atoms with van der Waals surface area (Å²) < 4.78 is 11.9. The van der Waals surface area contributed by atoms with Crippen LogP contribution < -0.4 is 10.1 Å². The smallest absolute Gasteiger partial charge is 0.229 e. The van der Waals surface area contributed by atoms with E-state index >= 15 is 0 Å². The third-order valence-electron chi connectivity index (χ3n) is 6.41. The number of para-hydroxylation sites is 1. The summed E-state index contributed by atoms with van der Waals surface area (Å²) in [6.45, 7) is -0.532. The fraction of sp³-hybridized carbons (Fsp3) is 0.240. The number of aliphatic hydroxyl groups is 4. The van der Waals surface area contributed by atoms with Crippen molar-refractivity contribution in [1.82, 2.24) is 4.98 Å². The summed E-state index contributed by atoms with van der Waals surface area (Å²) in [5, 5.41) is 46.5. The Morgan fingerprint density at radius 2 is 1.64 bits per heavy atom. The van der Waals surface area contributed by atoms with Gasteiger partial charge in [0.1, 0.15) is 24.4 Å². The third-order valence-corrected chi connectivity index (χ3v) is 6.41. The molecule has 1 aromatic heterocycles. The Labute approximate surface area is 188 Å². The first-order valence-corrected chi connectivity index (χ1v) is 10.8. The molecule has 8 nitrogen and oxygen atoms in total. The van der Waals surface area contributed by atoms with Crippen molar-refractivity contribution in [3.8, 4) is 16.9 Å². The van der Waals surface area contributed by atoms with Gasteiger partial charge in [0.25, 0.3) is 0 Å². The molecule has 3 aromatic carbocycles. The normalized spacial score (nSPS) is 26.1. The van der Waals surface area contributed by atoms with Gasteiger partial charge < -0.3 is 35.2 Å². The number of pyridine rings is 1. The van der Waals surface area contributed by atoms with Crippen molar-refractivity contribution in [1.29, 1.82) is 0 Å². The van der Waals surface area contributed by atoms with E-state index in [1.54, 1.807) is 6.20 Å². The molecule has 0 bridgehead atoms. The zero-order valence-corrected chi connectivity index (χ0v) is 17.4. The molecule has 0 amide bonds. The van der Waals surface area contributed by atoms with Gasteiger partial charge in [-0.2, -0.15) is 0 Å². The summed E-state index contributed by atoms with van der Waals surface area (Å²) in [5.74, 6) is 0.422. The highest BCUT2D eigenvalue weighted by atomic mass is 16.7. The molecule has 2 aliphatic rings. The van der Waals surface area contributed by atoms with Gasteiger partial charge in [-0.25, -0.2) is 0 Å². The predicted molar refractivity (Wildman–Crippen MR) is 122 cm³/mol. The monoisotopic (exact) mass is 446 g/mol. The minimum Gasteiger partial charge on any atom is -0.459 e. The number of fused-ring (bicyclic) bond motifs is 4. The van der Waals surface area contributed by atoms with E-state index in [2.05, 4.69) is 10.3 Å². The van der Waals surface area contributed by atoms with E-state index in [0.29, 0.717) is 11.4 Å². The number of anilines is 2. The Hall–Kier alpha value is -3.27. The Morgan fingerprint density at radius 3 is 2.45 bits per heavy atom. The average molecular weight is 446 g/mol. The maximum absolute atomic E-state index is 10.6. The molecule has 3 heterocycles. The number of ether oxygens (including phenoxy) is 2. The highest BCUT2D eigenvalue weighted by Gasteiger charge is 2.45. The Kier molecular flexibility index (Phi) is 4.72. The standard InChI is InChI=1S/C25H22N2O6/c28-11-17-21(29)22(30)23(31)25(32-17)33-24-15-7-2-1-6-14(15)19-18-13(9-10-26-19)12-5-3-4-8-16(12)27-20(18)24/h1-10,17,21-23,25,27-31H,11H2/t17-,21-,22+,23-,25+/m1/s1. The van der Waals surface area contributed by atoms with Gasteiger partial charge >= 0.3 is 0 Å². The molecule has 33 heavy (non-hydrogen) atoms. The number of hydrogen-bond donors (Lipinski definition) is 5. The van der Waals surface area contributed by atoms with Crippen LogP contribution in [-0.2, 0) is 4.74 Å². The number of hydrogen-bond acceptors (Lipinski definition) is 8. The Bertz CT molecular complexity index is 1370. The van der Waals surface area contributed by atoms with Crippen LogP contribution in [0.4, 0.5) is 11.4 Å². The van der Waals surface area contributed by atoms with Crippen LogP contribution in [0.1, 0.15) is 0 Å². The Morgan fingerprint density at radius 1 is 0.879 bits per heavy atom. The van der Waals surface area contributed by atoms with E-state index < -0.39 is 37.3 Å². The largest absolute Gasteiger partial charge is 0.459 e. The zero-order chi connectivity index (χ0) is 22.7.